The minimum absolute atomic E-state index is 0.0970. The molecule has 1 atom stereocenters. The van der Waals surface area contributed by atoms with Gasteiger partial charge in [-0.3, -0.25) is 9.59 Å². The number of hydrogen-bond donors (Lipinski definition) is 1. The van der Waals surface area contributed by atoms with Crippen molar-refractivity contribution in [3.05, 3.63) is 0 Å². The average Bonchev–Trinajstić information content (AvgIpc) is 2.48. The van der Waals surface area contributed by atoms with Gasteiger partial charge in [0.15, 0.2) is 0 Å². The Labute approximate surface area is 135 Å². The lowest BCUT2D eigenvalue weighted by molar-refractivity contribution is -0.153. The zero-order valence-electron chi connectivity index (χ0n) is 14.4. The number of unbranched alkanes of at least 4 members (excludes halogenated alkanes) is 9. The molecule has 0 bridgehead atoms. The number of esters is 1. The Balaban J connectivity index is 3.43. The van der Waals surface area contributed by atoms with Crippen molar-refractivity contribution in [3.8, 4) is 0 Å². The molecule has 130 valence electrons. The summed E-state index contributed by atoms with van der Waals surface area (Å²) in [7, 11) is 0. The van der Waals surface area contributed by atoms with Gasteiger partial charge in [-0.2, -0.15) is 0 Å². The molecule has 0 amide bonds. The summed E-state index contributed by atoms with van der Waals surface area (Å²) in [5.41, 5.74) is 0. The van der Waals surface area contributed by atoms with Crippen LogP contribution in [0.25, 0.3) is 0 Å². The highest BCUT2D eigenvalue weighted by Gasteiger charge is 2.15. The van der Waals surface area contributed by atoms with E-state index in [4.69, 9.17) is 9.84 Å². The molecule has 0 saturated carbocycles. The first-order valence-corrected chi connectivity index (χ1v) is 9.01. The normalized spacial score (nSPS) is 12.1. The maximum atomic E-state index is 11.6. The van der Waals surface area contributed by atoms with Crippen LogP contribution in [0.1, 0.15) is 97.3 Å². The van der Waals surface area contributed by atoms with Gasteiger partial charge in [-0.1, -0.05) is 71.6 Å². The van der Waals surface area contributed by atoms with Crippen LogP contribution in [0, 0.1) is 0 Å². The van der Waals surface area contributed by atoms with Gasteiger partial charge in [0.1, 0.15) is 6.10 Å². The third kappa shape index (κ3) is 13.9. The van der Waals surface area contributed by atoms with Crippen LogP contribution in [-0.2, 0) is 14.3 Å². The van der Waals surface area contributed by atoms with Crippen LogP contribution in [0.2, 0.25) is 0 Å². The summed E-state index contributed by atoms with van der Waals surface area (Å²) in [6, 6.07) is 0. The predicted molar refractivity (Wildman–Crippen MR) is 88.9 cm³/mol. The number of carboxylic acid groups (broad SMARTS) is 1. The largest absolute Gasteiger partial charge is 0.481 e. The van der Waals surface area contributed by atoms with Gasteiger partial charge in [-0.05, 0) is 12.8 Å². The molecule has 4 heteroatoms. The van der Waals surface area contributed by atoms with Crippen LogP contribution < -0.4 is 0 Å². The molecule has 0 aromatic carbocycles. The summed E-state index contributed by atoms with van der Waals surface area (Å²) in [6.45, 7) is 4.07. The predicted octanol–water partition coefficient (Wildman–Crippen LogP) is 5.09. The summed E-state index contributed by atoms with van der Waals surface area (Å²) in [5.74, 6) is -1.17. The van der Waals surface area contributed by atoms with Crippen LogP contribution >= 0.6 is 0 Å². The van der Waals surface area contributed by atoms with Crippen molar-refractivity contribution >= 4 is 11.9 Å². The average molecular weight is 314 g/mol. The zero-order chi connectivity index (χ0) is 16.6. The van der Waals surface area contributed by atoms with E-state index in [1.54, 1.807) is 0 Å². The summed E-state index contributed by atoms with van der Waals surface area (Å²) in [5, 5.41) is 8.70. The molecule has 4 nitrogen and oxygen atoms in total. The lowest BCUT2D eigenvalue weighted by Gasteiger charge is -2.13. The summed E-state index contributed by atoms with van der Waals surface area (Å²) < 4.78 is 5.17. The zero-order valence-corrected chi connectivity index (χ0v) is 14.4. The van der Waals surface area contributed by atoms with E-state index in [0.29, 0.717) is 12.8 Å². The molecular formula is C18H34O4. The van der Waals surface area contributed by atoms with Crippen LogP contribution in [0.4, 0.5) is 0 Å². The van der Waals surface area contributed by atoms with Crippen molar-refractivity contribution < 1.29 is 19.4 Å². The quantitative estimate of drug-likeness (QED) is 0.337. The molecule has 22 heavy (non-hydrogen) atoms. The number of hydrogen-bond acceptors (Lipinski definition) is 3. The van der Waals surface area contributed by atoms with E-state index in [0.717, 1.165) is 12.8 Å². The minimum Gasteiger partial charge on any atom is -0.481 e. The molecule has 0 aromatic heterocycles. The third-order valence-corrected chi connectivity index (χ3v) is 3.89. The Morgan fingerprint density at radius 3 is 1.82 bits per heavy atom. The monoisotopic (exact) mass is 314 g/mol. The third-order valence-electron chi connectivity index (χ3n) is 3.89. The van der Waals surface area contributed by atoms with E-state index < -0.39 is 12.1 Å². The molecule has 0 saturated heterocycles. The molecule has 0 aliphatic heterocycles. The first-order valence-electron chi connectivity index (χ1n) is 9.01. The fourth-order valence-corrected chi connectivity index (χ4v) is 2.47. The van der Waals surface area contributed by atoms with Gasteiger partial charge in [0, 0.05) is 6.42 Å². The van der Waals surface area contributed by atoms with Gasteiger partial charge in [0.25, 0.3) is 0 Å². The fourth-order valence-electron chi connectivity index (χ4n) is 2.47. The number of rotatable bonds is 15. The van der Waals surface area contributed by atoms with Crippen LogP contribution in [0.3, 0.4) is 0 Å². The molecule has 0 radical (unpaired) electrons. The van der Waals surface area contributed by atoms with E-state index in [9.17, 15) is 9.59 Å². The molecule has 0 fully saturated rings. The minimum atomic E-state index is -0.918. The second-order valence-corrected chi connectivity index (χ2v) is 6.05. The highest BCUT2D eigenvalue weighted by atomic mass is 16.5. The Kier molecular flexibility index (Phi) is 14.1. The highest BCUT2D eigenvalue weighted by Crippen LogP contribution is 2.12. The lowest BCUT2D eigenvalue weighted by atomic mass is 10.1. The van der Waals surface area contributed by atoms with Gasteiger partial charge in [-0.25, -0.2) is 0 Å². The van der Waals surface area contributed by atoms with E-state index in [1.807, 2.05) is 6.92 Å². The van der Waals surface area contributed by atoms with Crippen molar-refractivity contribution in [1.82, 2.24) is 0 Å². The molecule has 0 rings (SSSR count). The van der Waals surface area contributed by atoms with Gasteiger partial charge in [0.05, 0.1) is 6.42 Å². The molecular weight excluding hydrogens is 280 g/mol. The van der Waals surface area contributed by atoms with Gasteiger partial charge in [0.2, 0.25) is 0 Å². The topological polar surface area (TPSA) is 63.6 Å². The van der Waals surface area contributed by atoms with Gasteiger partial charge in [-0.15, -0.1) is 0 Å². The number of carbonyl (C=O) groups is 2. The molecule has 0 spiro atoms. The number of carbonyl (C=O) groups excluding carboxylic acids is 1. The fraction of sp³-hybridized carbons (Fsp3) is 0.889. The Morgan fingerprint density at radius 2 is 1.36 bits per heavy atom. The maximum absolute atomic E-state index is 11.6. The van der Waals surface area contributed by atoms with E-state index in [-0.39, 0.29) is 12.4 Å². The SMILES string of the molecule is CCCCCCCCCCCCC(=O)OC(CC)CC(=O)O. The standard InChI is InChI=1S/C18H34O4/c1-3-5-6-7-8-9-10-11-12-13-14-18(21)22-16(4-2)15-17(19)20/h16H,3-15H2,1-2H3,(H,19,20). The van der Waals surface area contributed by atoms with Crippen molar-refractivity contribution in [2.24, 2.45) is 0 Å². The molecule has 0 aromatic rings. The summed E-state index contributed by atoms with van der Waals surface area (Å²) in [6.07, 6.45) is 12.7. The Hall–Kier alpha value is -1.06. The van der Waals surface area contributed by atoms with Crippen molar-refractivity contribution in [1.29, 1.82) is 0 Å². The van der Waals surface area contributed by atoms with E-state index in [1.165, 1.54) is 51.4 Å². The Morgan fingerprint density at radius 1 is 0.864 bits per heavy atom. The second kappa shape index (κ2) is 14.9. The molecule has 1 N–H and O–H groups in total. The summed E-state index contributed by atoms with van der Waals surface area (Å²) >= 11 is 0. The van der Waals surface area contributed by atoms with Crippen molar-refractivity contribution in [2.45, 2.75) is 103 Å². The number of aliphatic carboxylic acids is 1. The smallest absolute Gasteiger partial charge is 0.307 e. The lowest BCUT2D eigenvalue weighted by Crippen LogP contribution is -2.20. The second-order valence-electron chi connectivity index (χ2n) is 6.05. The highest BCUT2D eigenvalue weighted by molar-refractivity contribution is 5.71. The number of carboxylic acids is 1. The van der Waals surface area contributed by atoms with Crippen LogP contribution in [-0.4, -0.2) is 23.1 Å². The molecule has 1 unspecified atom stereocenters. The molecule has 0 aliphatic rings. The van der Waals surface area contributed by atoms with E-state index in [2.05, 4.69) is 6.92 Å². The van der Waals surface area contributed by atoms with Gasteiger partial charge < -0.3 is 9.84 Å². The molecule has 0 aliphatic carbocycles. The van der Waals surface area contributed by atoms with Gasteiger partial charge >= 0.3 is 11.9 Å². The molecule has 0 heterocycles. The maximum Gasteiger partial charge on any atom is 0.307 e. The van der Waals surface area contributed by atoms with Crippen molar-refractivity contribution in [3.63, 3.8) is 0 Å². The van der Waals surface area contributed by atoms with Crippen molar-refractivity contribution in [2.75, 3.05) is 0 Å². The van der Waals surface area contributed by atoms with E-state index >= 15 is 0 Å². The summed E-state index contributed by atoms with van der Waals surface area (Å²) in [4.78, 5) is 22.2. The van der Waals surface area contributed by atoms with Crippen LogP contribution in [0.5, 0.6) is 0 Å². The first kappa shape index (κ1) is 20.9. The number of ether oxygens (including phenoxy) is 1. The van der Waals surface area contributed by atoms with Crippen LogP contribution in [0.15, 0.2) is 0 Å². The Bertz CT molecular complexity index is 289. The first-order chi connectivity index (χ1) is 10.6.